The lowest BCUT2D eigenvalue weighted by Gasteiger charge is -2.05. The van der Waals surface area contributed by atoms with Gasteiger partial charge in [-0.2, -0.15) is 0 Å². The molecule has 2 rings (SSSR count). The van der Waals surface area contributed by atoms with E-state index in [1.807, 2.05) is 0 Å². The van der Waals surface area contributed by atoms with Crippen LogP contribution in [0, 0.1) is 11.6 Å². The van der Waals surface area contributed by atoms with E-state index in [9.17, 15) is 8.78 Å². The minimum atomic E-state index is -0.486. The molecule has 1 heterocycles. The summed E-state index contributed by atoms with van der Waals surface area (Å²) in [6.07, 6.45) is 0. The third-order valence-electron chi connectivity index (χ3n) is 1.79. The second-order valence-electron chi connectivity index (χ2n) is 2.87. The molecule has 1 aromatic heterocycles. The molecule has 0 aliphatic carbocycles. The summed E-state index contributed by atoms with van der Waals surface area (Å²) in [5.41, 5.74) is 0.826. The van der Waals surface area contributed by atoms with Gasteiger partial charge in [-0.05, 0) is 29.7 Å². The van der Waals surface area contributed by atoms with Gasteiger partial charge in [0.25, 0.3) is 0 Å². The number of benzene rings is 1. The van der Waals surface area contributed by atoms with Crippen LogP contribution in [-0.2, 0) is 6.54 Å². The summed E-state index contributed by atoms with van der Waals surface area (Å²) < 4.78 is 29.6. The fourth-order valence-electron chi connectivity index (χ4n) is 1.08. The van der Waals surface area contributed by atoms with Crippen LogP contribution in [0.5, 0.6) is 0 Å². The molecule has 0 aliphatic rings. The predicted octanol–water partition coefficient (Wildman–Crippen LogP) is 2.43. The maximum Gasteiger partial charge on any atom is 0.146 e. The molecule has 15 heavy (non-hydrogen) atoms. The average molecular weight is 227 g/mol. The molecule has 0 atom stereocenters. The summed E-state index contributed by atoms with van der Waals surface area (Å²) in [6, 6.07) is 3.26. The highest BCUT2D eigenvalue weighted by Gasteiger charge is 2.03. The lowest BCUT2D eigenvalue weighted by molar-refractivity contribution is 0.602. The first-order valence-corrected chi connectivity index (χ1v) is 5.04. The molecule has 2 aromatic rings. The number of nitrogens with one attached hydrogen (secondary N) is 1. The van der Waals surface area contributed by atoms with Crippen LogP contribution in [0.2, 0.25) is 0 Å². The molecular weight excluding hydrogens is 220 g/mol. The Hall–Kier alpha value is -1.56. The second kappa shape index (κ2) is 4.31. The SMILES string of the molecule is Fc1ccc(F)c(NCc2csnn2)c1. The smallest absolute Gasteiger partial charge is 0.146 e. The van der Waals surface area contributed by atoms with Crippen molar-refractivity contribution in [1.82, 2.24) is 9.59 Å². The molecule has 0 bridgehead atoms. The summed E-state index contributed by atoms with van der Waals surface area (Å²) in [5, 5.41) is 8.26. The number of hydrogen-bond donors (Lipinski definition) is 1. The van der Waals surface area contributed by atoms with Gasteiger partial charge in [-0.15, -0.1) is 5.10 Å². The van der Waals surface area contributed by atoms with E-state index >= 15 is 0 Å². The number of halogens is 2. The summed E-state index contributed by atoms with van der Waals surface area (Å²) in [6.45, 7) is 0.330. The van der Waals surface area contributed by atoms with E-state index in [2.05, 4.69) is 14.9 Å². The zero-order valence-corrected chi connectivity index (χ0v) is 8.39. The van der Waals surface area contributed by atoms with E-state index in [-0.39, 0.29) is 5.69 Å². The predicted molar refractivity (Wildman–Crippen MR) is 53.6 cm³/mol. The van der Waals surface area contributed by atoms with Crippen molar-refractivity contribution in [2.24, 2.45) is 0 Å². The second-order valence-corrected chi connectivity index (χ2v) is 3.48. The highest BCUT2D eigenvalue weighted by molar-refractivity contribution is 7.03. The standard InChI is InChI=1S/C9H7F2N3S/c10-6-1-2-8(11)9(3-6)12-4-7-5-15-14-13-7/h1-3,5,12H,4H2. The molecule has 0 unspecified atom stereocenters. The Morgan fingerprint density at radius 2 is 2.20 bits per heavy atom. The molecule has 0 saturated carbocycles. The Morgan fingerprint density at radius 1 is 1.33 bits per heavy atom. The minimum absolute atomic E-state index is 0.128. The third-order valence-corrected chi connectivity index (χ3v) is 2.35. The number of nitrogens with zero attached hydrogens (tertiary/aromatic N) is 2. The molecule has 1 N–H and O–H groups in total. The molecule has 3 nitrogen and oxygen atoms in total. The van der Waals surface area contributed by atoms with Crippen LogP contribution in [0.1, 0.15) is 5.69 Å². The average Bonchev–Trinajstić information content (AvgIpc) is 2.72. The van der Waals surface area contributed by atoms with E-state index in [0.717, 1.165) is 18.2 Å². The van der Waals surface area contributed by atoms with Crippen molar-refractivity contribution < 1.29 is 8.78 Å². The number of rotatable bonds is 3. The van der Waals surface area contributed by atoms with E-state index < -0.39 is 11.6 Å². The molecule has 0 spiro atoms. The summed E-state index contributed by atoms with van der Waals surface area (Å²) in [4.78, 5) is 0. The normalized spacial score (nSPS) is 10.3. The van der Waals surface area contributed by atoms with Crippen LogP contribution < -0.4 is 5.32 Å². The van der Waals surface area contributed by atoms with Crippen molar-refractivity contribution in [3.8, 4) is 0 Å². The van der Waals surface area contributed by atoms with Gasteiger partial charge in [-0.25, -0.2) is 8.78 Å². The fraction of sp³-hybridized carbons (Fsp3) is 0.111. The zero-order chi connectivity index (χ0) is 10.7. The van der Waals surface area contributed by atoms with Crippen molar-refractivity contribution in [2.45, 2.75) is 6.54 Å². The van der Waals surface area contributed by atoms with E-state index in [1.165, 1.54) is 11.5 Å². The molecule has 0 radical (unpaired) electrons. The highest BCUT2D eigenvalue weighted by Crippen LogP contribution is 2.15. The lowest BCUT2D eigenvalue weighted by atomic mass is 10.3. The van der Waals surface area contributed by atoms with Gasteiger partial charge in [-0.3, -0.25) is 0 Å². The van der Waals surface area contributed by atoms with E-state index in [4.69, 9.17) is 0 Å². The molecule has 0 aliphatic heterocycles. The first-order valence-electron chi connectivity index (χ1n) is 4.20. The van der Waals surface area contributed by atoms with Gasteiger partial charge in [0.2, 0.25) is 0 Å². The summed E-state index contributed by atoms with van der Waals surface area (Å²) in [7, 11) is 0. The topological polar surface area (TPSA) is 37.8 Å². The molecule has 78 valence electrons. The van der Waals surface area contributed by atoms with Crippen molar-refractivity contribution >= 4 is 17.2 Å². The van der Waals surface area contributed by atoms with Crippen LogP contribution >= 0.6 is 11.5 Å². The number of hydrogen-bond acceptors (Lipinski definition) is 4. The largest absolute Gasteiger partial charge is 0.377 e. The lowest BCUT2D eigenvalue weighted by Crippen LogP contribution is -2.02. The van der Waals surface area contributed by atoms with Gasteiger partial charge in [-0.1, -0.05) is 4.49 Å². The van der Waals surface area contributed by atoms with Gasteiger partial charge in [0.1, 0.15) is 11.6 Å². The van der Waals surface area contributed by atoms with Crippen LogP contribution in [0.15, 0.2) is 23.6 Å². The third kappa shape index (κ3) is 2.47. The van der Waals surface area contributed by atoms with Gasteiger partial charge in [0.05, 0.1) is 17.9 Å². The van der Waals surface area contributed by atoms with E-state index in [1.54, 1.807) is 5.38 Å². The van der Waals surface area contributed by atoms with Crippen molar-refractivity contribution in [1.29, 1.82) is 0 Å². The van der Waals surface area contributed by atoms with E-state index in [0.29, 0.717) is 12.2 Å². The maximum atomic E-state index is 13.1. The van der Waals surface area contributed by atoms with Gasteiger partial charge < -0.3 is 5.32 Å². The molecule has 1 aromatic carbocycles. The fourth-order valence-corrected chi connectivity index (χ4v) is 1.53. The Morgan fingerprint density at radius 3 is 2.93 bits per heavy atom. The van der Waals surface area contributed by atoms with Crippen molar-refractivity contribution in [3.05, 3.63) is 40.9 Å². The van der Waals surface area contributed by atoms with Crippen molar-refractivity contribution in [2.75, 3.05) is 5.32 Å². The Bertz CT molecular complexity index is 445. The number of aromatic nitrogens is 2. The van der Waals surface area contributed by atoms with Crippen LogP contribution in [0.4, 0.5) is 14.5 Å². The van der Waals surface area contributed by atoms with Gasteiger partial charge >= 0.3 is 0 Å². The Kier molecular flexibility index (Phi) is 2.86. The van der Waals surface area contributed by atoms with Crippen molar-refractivity contribution in [3.63, 3.8) is 0 Å². The highest BCUT2D eigenvalue weighted by atomic mass is 32.1. The van der Waals surface area contributed by atoms with Crippen LogP contribution in [0.25, 0.3) is 0 Å². The maximum absolute atomic E-state index is 13.1. The number of anilines is 1. The Balaban J connectivity index is 2.07. The monoisotopic (exact) mass is 227 g/mol. The van der Waals surface area contributed by atoms with Gasteiger partial charge in [0, 0.05) is 5.38 Å². The molecule has 0 saturated heterocycles. The first-order chi connectivity index (χ1) is 7.25. The Labute approximate surface area is 88.9 Å². The minimum Gasteiger partial charge on any atom is -0.377 e. The zero-order valence-electron chi connectivity index (χ0n) is 7.58. The summed E-state index contributed by atoms with van der Waals surface area (Å²) in [5.74, 6) is -0.963. The molecule has 0 amide bonds. The van der Waals surface area contributed by atoms with Gasteiger partial charge in [0.15, 0.2) is 0 Å². The molecular formula is C9H7F2N3S. The quantitative estimate of drug-likeness (QED) is 0.875. The van der Waals surface area contributed by atoms with Crippen LogP contribution in [0.3, 0.4) is 0 Å². The summed E-state index contributed by atoms with van der Waals surface area (Å²) >= 11 is 1.21. The molecule has 0 fully saturated rings. The van der Waals surface area contributed by atoms with Crippen LogP contribution in [-0.4, -0.2) is 9.59 Å². The first kappa shape index (κ1) is 9.97. The molecule has 6 heteroatoms.